The minimum absolute atomic E-state index is 0.114. The van der Waals surface area contributed by atoms with E-state index >= 15 is 0 Å². The minimum atomic E-state index is -0.918. The average Bonchev–Trinajstić information content (AvgIpc) is 3.20. The maximum Gasteiger partial charge on any atom is 0.338 e. The zero-order valence-corrected chi connectivity index (χ0v) is 15.9. The van der Waals surface area contributed by atoms with Gasteiger partial charge in [-0.2, -0.15) is 0 Å². The van der Waals surface area contributed by atoms with Gasteiger partial charge in [0, 0.05) is 10.9 Å². The van der Waals surface area contributed by atoms with E-state index in [0.29, 0.717) is 10.6 Å². The van der Waals surface area contributed by atoms with E-state index in [1.807, 2.05) is 0 Å². The number of nitrogens with two attached hydrogens (primary N) is 1. The van der Waals surface area contributed by atoms with E-state index in [9.17, 15) is 24.5 Å². The molecule has 1 aromatic carbocycles. The van der Waals surface area contributed by atoms with Crippen LogP contribution in [0.1, 0.15) is 37.6 Å². The fraction of sp³-hybridized carbons (Fsp3) is 0.235. The molecular formula is C17H14ClN3O6S. The van der Waals surface area contributed by atoms with Crippen molar-refractivity contribution in [2.75, 3.05) is 11.9 Å². The molecule has 1 aliphatic carbocycles. The normalized spacial score (nSPS) is 12.3. The van der Waals surface area contributed by atoms with Crippen molar-refractivity contribution in [2.45, 2.75) is 19.3 Å². The number of anilines is 1. The van der Waals surface area contributed by atoms with E-state index in [1.165, 1.54) is 23.5 Å². The van der Waals surface area contributed by atoms with Crippen molar-refractivity contribution in [3.8, 4) is 0 Å². The molecule has 0 aliphatic heterocycles. The Hall–Kier alpha value is -2.98. The number of ether oxygens (including phenoxy) is 1. The van der Waals surface area contributed by atoms with E-state index in [1.54, 1.807) is 0 Å². The van der Waals surface area contributed by atoms with Gasteiger partial charge in [0.1, 0.15) is 10.0 Å². The molecule has 0 radical (unpaired) electrons. The summed E-state index contributed by atoms with van der Waals surface area (Å²) in [5, 5.41) is 13.6. The molecule has 28 heavy (non-hydrogen) atoms. The van der Waals surface area contributed by atoms with Gasteiger partial charge in [-0.25, -0.2) is 4.79 Å². The van der Waals surface area contributed by atoms with Gasteiger partial charge in [0.15, 0.2) is 6.61 Å². The fourth-order valence-electron chi connectivity index (χ4n) is 2.91. The summed E-state index contributed by atoms with van der Waals surface area (Å²) in [6.07, 6.45) is 2.48. The Labute approximate surface area is 167 Å². The lowest BCUT2D eigenvalue weighted by Gasteiger charge is -2.07. The molecule has 9 nitrogen and oxygen atoms in total. The van der Waals surface area contributed by atoms with Gasteiger partial charge in [0.25, 0.3) is 17.5 Å². The lowest BCUT2D eigenvalue weighted by Crippen LogP contribution is -2.22. The molecule has 0 unspecified atom stereocenters. The topological polar surface area (TPSA) is 142 Å². The molecule has 1 aliphatic rings. The van der Waals surface area contributed by atoms with Gasteiger partial charge in [-0.3, -0.25) is 19.7 Å². The average molecular weight is 424 g/mol. The Bertz CT molecular complexity index is 1000. The fourth-order valence-corrected chi connectivity index (χ4v) is 4.41. The van der Waals surface area contributed by atoms with Crippen LogP contribution in [0.4, 0.5) is 10.7 Å². The number of carbonyl (C=O) groups excluding carboxylic acids is 3. The third-order valence-corrected chi connectivity index (χ3v) is 5.66. The van der Waals surface area contributed by atoms with Crippen molar-refractivity contribution >= 4 is 51.4 Å². The predicted molar refractivity (Wildman–Crippen MR) is 102 cm³/mol. The number of aryl methyl sites for hydroxylation is 1. The van der Waals surface area contributed by atoms with Gasteiger partial charge < -0.3 is 15.8 Å². The van der Waals surface area contributed by atoms with Crippen LogP contribution in [-0.4, -0.2) is 29.3 Å². The predicted octanol–water partition coefficient (Wildman–Crippen LogP) is 2.69. The van der Waals surface area contributed by atoms with Crippen molar-refractivity contribution in [1.29, 1.82) is 0 Å². The SMILES string of the molecule is NC(=O)c1c(NC(=O)COC(=O)c2ccc(Cl)c([N+](=O)[O-])c2)sc2c1CCC2. The van der Waals surface area contributed by atoms with Crippen molar-refractivity contribution in [2.24, 2.45) is 5.73 Å². The van der Waals surface area contributed by atoms with Crippen LogP contribution in [0.2, 0.25) is 5.02 Å². The Kier molecular flexibility index (Phi) is 5.61. The Morgan fingerprint density at radius 2 is 2.07 bits per heavy atom. The molecule has 2 aromatic rings. The Balaban J connectivity index is 1.65. The summed E-state index contributed by atoms with van der Waals surface area (Å²) >= 11 is 6.97. The van der Waals surface area contributed by atoms with Crippen LogP contribution in [0.15, 0.2) is 18.2 Å². The number of fused-ring (bicyclic) bond motifs is 1. The Morgan fingerprint density at radius 1 is 1.32 bits per heavy atom. The molecule has 11 heteroatoms. The van der Waals surface area contributed by atoms with Gasteiger partial charge in [0.2, 0.25) is 0 Å². The van der Waals surface area contributed by atoms with Crippen molar-refractivity contribution in [3.63, 3.8) is 0 Å². The van der Waals surface area contributed by atoms with Crippen molar-refractivity contribution < 1.29 is 24.0 Å². The lowest BCUT2D eigenvalue weighted by molar-refractivity contribution is -0.384. The van der Waals surface area contributed by atoms with Gasteiger partial charge in [-0.15, -0.1) is 11.3 Å². The number of halogens is 1. The number of rotatable bonds is 6. The first kappa shape index (κ1) is 19.8. The summed E-state index contributed by atoms with van der Waals surface area (Å²) in [6, 6.07) is 3.42. The van der Waals surface area contributed by atoms with Crippen molar-refractivity contribution in [3.05, 3.63) is 54.9 Å². The van der Waals surface area contributed by atoms with Crippen LogP contribution < -0.4 is 11.1 Å². The Morgan fingerprint density at radius 3 is 2.75 bits per heavy atom. The molecule has 2 amide bonds. The smallest absolute Gasteiger partial charge is 0.338 e. The highest BCUT2D eigenvalue weighted by molar-refractivity contribution is 7.17. The number of hydrogen-bond acceptors (Lipinski definition) is 7. The summed E-state index contributed by atoms with van der Waals surface area (Å²) < 4.78 is 4.89. The third kappa shape index (κ3) is 3.97. The first-order valence-corrected chi connectivity index (χ1v) is 9.32. The summed E-state index contributed by atoms with van der Waals surface area (Å²) in [7, 11) is 0. The molecule has 3 rings (SSSR count). The molecule has 1 heterocycles. The molecule has 0 atom stereocenters. The second kappa shape index (κ2) is 7.95. The van der Waals surface area contributed by atoms with Crippen LogP contribution in [0, 0.1) is 10.1 Å². The molecular weight excluding hydrogens is 410 g/mol. The van der Waals surface area contributed by atoms with E-state index in [-0.39, 0.29) is 10.6 Å². The number of amides is 2. The molecule has 146 valence electrons. The van der Waals surface area contributed by atoms with Gasteiger partial charge in [-0.1, -0.05) is 11.6 Å². The van der Waals surface area contributed by atoms with Gasteiger partial charge in [0.05, 0.1) is 16.1 Å². The monoisotopic (exact) mass is 423 g/mol. The molecule has 0 saturated carbocycles. The molecule has 0 spiro atoms. The number of thiophene rings is 1. The van der Waals surface area contributed by atoms with Crippen molar-refractivity contribution in [1.82, 2.24) is 0 Å². The number of hydrogen-bond donors (Lipinski definition) is 2. The maximum atomic E-state index is 12.1. The highest BCUT2D eigenvalue weighted by atomic mass is 35.5. The van der Waals surface area contributed by atoms with E-state index < -0.39 is 35.0 Å². The quantitative estimate of drug-likeness (QED) is 0.415. The summed E-state index contributed by atoms with van der Waals surface area (Å²) in [5.74, 6) is -2.20. The van der Waals surface area contributed by atoms with Gasteiger partial charge in [-0.05, 0) is 37.0 Å². The van der Waals surface area contributed by atoms with Crippen LogP contribution >= 0.6 is 22.9 Å². The minimum Gasteiger partial charge on any atom is -0.452 e. The van der Waals surface area contributed by atoms with Crippen LogP contribution in [-0.2, 0) is 22.4 Å². The number of nitrogens with one attached hydrogen (secondary N) is 1. The second-order valence-corrected chi connectivity index (χ2v) is 7.49. The summed E-state index contributed by atoms with van der Waals surface area (Å²) in [5.41, 5.74) is 6.02. The first-order valence-electron chi connectivity index (χ1n) is 8.13. The molecule has 1 aromatic heterocycles. The number of carbonyl (C=O) groups is 3. The third-order valence-electron chi connectivity index (χ3n) is 4.13. The molecule has 3 N–H and O–H groups in total. The zero-order chi connectivity index (χ0) is 20.4. The highest BCUT2D eigenvalue weighted by Crippen LogP contribution is 2.38. The van der Waals surface area contributed by atoms with Crippen LogP contribution in [0.5, 0.6) is 0 Å². The number of nitro groups is 1. The van der Waals surface area contributed by atoms with E-state index in [2.05, 4.69) is 5.32 Å². The maximum absolute atomic E-state index is 12.1. The lowest BCUT2D eigenvalue weighted by atomic mass is 10.1. The second-order valence-electron chi connectivity index (χ2n) is 5.97. The first-order chi connectivity index (χ1) is 13.3. The number of nitro benzene ring substituents is 1. The van der Waals surface area contributed by atoms with Crippen LogP contribution in [0.25, 0.3) is 0 Å². The standard InChI is InChI=1S/C17H14ClN3O6S/c18-10-5-4-8(6-11(10)21(25)26)17(24)27-7-13(22)20-16-14(15(19)23)9-2-1-3-12(9)28-16/h4-6H,1-3,7H2,(H2,19,23)(H,20,22). The van der Waals surface area contributed by atoms with E-state index in [0.717, 1.165) is 35.8 Å². The zero-order valence-electron chi connectivity index (χ0n) is 14.3. The molecule has 0 bridgehead atoms. The highest BCUT2D eigenvalue weighted by Gasteiger charge is 2.26. The molecule has 0 saturated heterocycles. The summed E-state index contributed by atoms with van der Waals surface area (Å²) in [4.78, 5) is 47.0. The number of benzene rings is 1. The number of esters is 1. The van der Waals surface area contributed by atoms with Crippen LogP contribution in [0.3, 0.4) is 0 Å². The van der Waals surface area contributed by atoms with E-state index in [4.69, 9.17) is 22.1 Å². The summed E-state index contributed by atoms with van der Waals surface area (Å²) in [6.45, 7) is -0.629. The number of nitrogens with zero attached hydrogens (tertiary/aromatic N) is 1. The van der Waals surface area contributed by atoms with Gasteiger partial charge >= 0.3 is 5.97 Å². The number of primary amides is 1. The molecule has 0 fully saturated rings. The largest absolute Gasteiger partial charge is 0.452 e.